The molecular weight excluding hydrogens is 556 g/mol. The van der Waals surface area contributed by atoms with Crippen LogP contribution in [0.15, 0.2) is 93.5 Å². The molecule has 0 atom stereocenters. The second-order valence-electron chi connectivity index (χ2n) is 11.1. The molecule has 1 N–H and O–H groups in total. The van der Waals surface area contributed by atoms with Gasteiger partial charge in [-0.1, -0.05) is 109 Å². The monoisotopic (exact) mass is 608 g/mol. The predicted molar refractivity (Wildman–Crippen MR) is 178 cm³/mol. The highest BCUT2D eigenvalue weighted by molar-refractivity contribution is 8.30. The van der Waals surface area contributed by atoms with Gasteiger partial charge in [0, 0.05) is 14.7 Å². The van der Waals surface area contributed by atoms with Crippen molar-refractivity contribution in [3.8, 4) is 11.5 Å². The molecule has 0 spiro atoms. The van der Waals surface area contributed by atoms with Crippen LogP contribution in [0.3, 0.4) is 0 Å². The lowest BCUT2D eigenvalue weighted by Gasteiger charge is -2.38. The van der Waals surface area contributed by atoms with Crippen molar-refractivity contribution in [2.24, 2.45) is 0 Å². The molecule has 0 amide bonds. The summed E-state index contributed by atoms with van der Waals surface area (Å²) in [5.41, 5.74) is 0. The lowest BCUT2D eigenvalue weighted by molar-refractivity contribution is 0.150. The van der Waals surface area contributed by atoms with E-state index in [1.54, 1.807) is 0 Å². The molecule has 3 rings (SSSR count). The van der Waals surface area contributed by atoms with Crippen molar-refractivity contribution >= 4 is 16.5 Å². The second kappa shape index (κ2) is 20.0. The Kier molecular flexibility index (Phi) is 15.9. The first-order valence-electron chi connectivity index (χ1n) is 16.4. The van der Waals surface area contributed by atoms with E-state index in [4.69, 9.17) is 13.7 Å². The van der Waals surface area contributed by atoms with Crippen molar-refractivity contribution in [3.63, 3.8) is 0 Å². The first-order valence-corrected chi connectivity index (χ1v) is 17.9. The van der Waals surface area contributed by atoms with Crippen LogP contribution in [0.5, 0.6) is 11.5 Å². The molecule has 0 unspecified atom stereocenters. The molecule has 0 aromatic heterocycles. The highest BCUT2D eigenvalue weighted by atomic mass is 32.3. The van der Waals surface area contributed by atoms with Crippen LogP contribution < -0.4 is 9.47 Å². The van der Waals surface area contributed by atoms with E-state index in [0.29, 0.717) is 13.2 Å². The minimum absolute atomic E-state index is 0.676. The van der Waals surface area contributed by atoms with Crippen LogP contribution in [0.2, 0.25) is 0 Å². The first kappa shape index (κ1) is 34.4. The van der Waals surface area contributed by atoms with Crippen LogP contribution in [0.1, 0.15) is 104 Å². The van der Waals surface area contributed by atoms with Gasteiger partial charge >= 0.3 is 6.16 Å². The van der Waals surface area contributed by atoms with Crippen LogP contribution in [0, 0.1) is 0 Å². The molecule has 0 aliphatic heterocycles. The lowest BCUT2D eigenvalue weighted by atomic mass is 10.1. The SMILES string of the molecule is CCCCCCCCCOc1ccc(S(OC(=O)O)(c2ccccc2)c2ccc(OCCCCCCCCC)cc2)cc1. The third kappa shape index (κ3) is 11.5. The van der Waals surface area contributed by atoms with E-state index in [1.165, 1.54) is 77.0 Å². The van der Waals surface area contributed by atoms with Gasteiger partial charge in [-0.3, -0.25) is 0 Å². The standard InChI is InChI=1S/C37H52O5S/c1-3-5-7-9-11-13-18-30-40-32-22-26-35(27-23-32)43(42-37(38)39,34-20-16-15-17-21-34)36-28-24-33(25-29-36)41-31-19-14-12-10-8-6-4-2/h15-17,20-29H,3-14,18-19,30-31H2,1-2H3,(H,38,39). The Morgan fingerprint density at radius 1 is 0.535 bits per heavy atom. The van der Waals surface area contributed by atoms with Gasteiger partial charge in [-0.2, -0.15) is 0 Å². The van der Waals surface area contributed by atoms with Crippen LogP contribution >= 0.6 is 10.3 Å². The topological polar surface area (TPSA) is 65.0 Å². The number of hydrogen-bond donors (Lipinski definition) is 1. The highest BCUT2D eigenvalue weighted by Gasteiger charge is 2.36. The summed E-state index contributed by atoms with van der Waals surface area (Å²) in [5, 5.41) is 9.96. The average Bonchev–Trinajstić information content (AvgIpc) is 3.03. The zero-order chi connectivity index (χ0) is 30.6. The fraction of sp³-hybridized carbons (Fsp3) is 0.486. The number of unbranched alkanes of at least 4 members (excludes halogenated alkanes) is 12. The maximum Gasteiger partial charge on any atom is 0.517 e. The molecule has 0 fully saturated rings. The molecule has 3 aromatic rings. The Labute approximate surface area is 261 Å². The Balaban J connectivity index is 1.70. The van der Waals surface area contributed by atoms with E-state index in [0.717, 1.165) is 39.0 Å². The third-order valence-corrected chi connectivity index (χ3v) is 10.8. The van der Waals surface area contributed by atoms with Gasteiger partial charge in [0.05, 0.1) is 13.2 Å². The molecule has 0 bridgehead atoms. The molecule has 0 aliphatic carbocycles. The number of carboxylic acid groups (broad SMARTS) is 1. The predicted octanol–water partition coefficient (Wildman–Crippen LogP) is 11.8. The van der Waals surface area contributed by atoms with Gasteiger partial charge in [-0.15, -0.1) is 0 Å². The van der Waals surface area contributed by atoms with Crippen LogP contribution in [0.25, 0.3) is 0 Å². The summed E-state index contributed by atoms with van der Waals surface area (Å²) in [6.07, 6.45) is 16.0. The zero-order valence-corrected chi connectivity index (χ0v) is 27.1. The average molecular weight is 609 g/mol. The van der Waals surface area contributed by atoms with E-state index < -0.39 is 16.5 Å². The lowest BCUT2D eigenvalue weighted by Crippen LogP contribution is -2.12. The fourth-order valence-corrected chi connectivity index (χ4v) is 8.12. The molecule has 0 saturated carbocycles. The summed E-state index contributed by atoms with van der Waals surface area (Å²) < 4.78 is 17.9. The van der Waals surface area contributed by atoms with E-state index >= 15 is 0 Å². The second-order valence-corrected chi connectivity index (χ2v) is 13.8. The van der Waals surface area contributed by atoms with Crippen molar-refractivity contribution in [2.45, 2.75) is 118 Å². The maximum absolute atomic E-state index is 12.2. The smallest absolute Gasteiger partial charge is 0.494 e. The normalized spacial score (nSPS) is 11.7. The van der Waals surface area contributed by atoms with Crippen molar-refractivity contribution in [2.75, 3.05) is 13.2 Å². The molecular formula is C37H52O5S. The van der Waals surface area contributed by atoms with Gasteiger partial charge in [0.2, 0.25) is 0 Å². The molecule has 3 aromatic carbocycles. The molecule has 43 heavy (non-hydrogen) atoms. The number of hydrogen-bond acceptors (Lipinski definition) is 4. The van der Waals surface area contributed by atoms with Crippen molar-refractivity contribution in [1.82, 2.24) is 0 Å². The van der Waals surface area contributed by atoms with Gasteiger partial charge < -0.3 is 18.8 Å². The summed E-state index contributed by atoms with van der Waals surface area (Å²) in [6, 6.07) is 25.1. The van der Waals surface area contributed by atoms with Gasteiger partial charge in [-0.25, -0.2) is 4.79 Å². The van der Waals surface area contributed by atoms with Crippen LogP contribution in [-0.2, 0) is 4.18 Å². The fourth-order valence-electron chi connectivity index (χ4n) is 5.23. The number of benzene rings is 3. The molecule has 6 heteroatoms. The Morgan fingerprint density at radius 2 is 0.907 bits per heavy atom. The first-order chi connectivity index (χ1) is 21.1. The van der Waals surface area contributed by atoms with Crippen molar-refractivity contribution in [3.05, 3.63) is 78.9 Å². The molecule has 5 nitrogen and oxygen atoms in total. The zero-order valence-electron chi connectivity index (χ0n) is 26.3. The van der Waals surface area contributed by atoms with E-state index in [-0.39, 0.29) is 0 Å². The minimum atomic E-state index is -2.56. The molecule has 0 radical (unpaired) electrons. The highest BCUT2D eigenvalue weighted by Crippen LogP contribution is 2.69. The largest absolute Gasteiger partial charge is 0.517 e. The van der Waals surface area contributed by atoms with Crippen LogP contribution in [0.4, 0.5) is 4.79 Å². The number of carbonyl (C=O) groups is 1. The number of ether oxygens (including phenoxy) is 2. The minimum Gasteiger partial charge on any atom is -0.494 e. The molecule has 0 saturated heterocycles. The van der Waals surface area contributed by atoms with Crippen LogP contribution in [-0.4, -0.2) is 24.5 Å². The third-order valence-electron chi connectivity index (χ3n) is 7.62. The molecule has 0 heterocycles. The van der Waals surface area contributed by atoms with Crippen molar-refractivity contribution < 1.29 is 23.6 Å². The molecule has 0 aliphatic rings. The maximum atomic E-state index is 12.2. The molecule has 236 valence electrons. The summed E-state index contributed by atoms with van der Waals surface area (Å²) in [6.45, 7) is 5.83. The van der Waals surface area contributed by atoms with Gasteiger partial charge in [0.25, 0.3) is 0 Å². The summed E-state index contributed by atoms with van der Waals surface area (Å²) in [5.74, 6) is 1.56. The Morgan fingerprint density at radius 3 is 1.30 bits per heavy atom. The van der Waals surface area contributed by atoms with Gasteiger partial charge in [-0.05, 0) is 83.8 Å². The van der Waals surface area contributed by atoms with Gasteiger partial charge in [0.1, 0.15) is 11.5 Å². The van der Waals surface area contributed by atoms with E-state index in [2.05, 4.69) is 13.8 Å². The summed E-state index contributed by atoms with van der Waals surface area (Å²) in [4.78, 5) is 14.6. The number of rotatable bonds is 22. The van der Waals surface area contributed by atoms with E-state index in [9.17, 15) is 9.90 Å². The Bertz CT molecular complexity index is 1080. The van der Waals surface area contributed by atoms with E-state index in [1.807, 2.05) is 78.9 Å². The quantitative estimate of drug-likeness (QED) is 0.115. The van der Waals surface area contributed by atoms with Gasteiger partial charge in [0.15, 0.2) is 0 Å². The van der Waals surface area contributed by atoms with Crippen molar-refractivity contribution in [1.29, 1.82) is 0 Å². The summed E-state index contributed by atoms with van der Waals surface area (Å²) in [7, 11) is -2.56. The Hall–Kier alpha value is -3.12. The summed E-state index contributed by atoms with van der Waals surface area (Å²) >= 11 is 0.